The Balaban J connectivity index is 1.72. The van der Waals surface area contributed by atoms with Crippen molar-refractivity contribution < 1.29 is 19.1 Å². The van der Waals surface area contributed by atoms with E-state index in [2.05, 4.69) is 32.0 Å². The number of nitriles is 1. The molecular formula is C27H26FN7O3. The molecule has 4 aromatic rings. The maximum atomic E-state index is 14.3. The zero-order chi connectivity index (χ0) is 27.4. The Hall–Kier alpha value is -4.82. The minimum atomic E-state index is -1.68. The number of halogens is 1. The second kappa shape index (κ2) is 10.7. The number of anilines is 3. The molecule has 0 aliphatic carbocycles. The Morgan fingerprint density at radius 3 is 2.63 bits per heavy atom. The zero-order valence-corrected chi connectivity index (χ0v) is 21.0. The number of carbonyl (C=O) groups is 2. The van der Waals surface area contributed by atoms with E-state index >= 15 is 0 Å². The van der Waals surface area contributed by atoms with Crippen molar-refractivity contribution in [2.24, 2.45) is 0 Å². The van der Waals surface area contributed by atoms with Crippen LogP contribution in [0.5, 0.6) is 0 Å². The van der Waals surface area contributed by atoms with E-state index in [1.165, 1.54) is 33.2 Å². The number of aromatic nitrogens is 3. The SMILES string of the molecule is CC(=O)Nc1cccc(Nc2cc(-n3ccc4cc(C#N)cnc43)ncc2C(=O)NCC(F)C(C)(C)O)c1. The van der Waals surface area contributed by atoms with Gasteiger partial charge < -0.3 is 21.1 Å². The highest BCUT2D eigenvalue weighted by atomic mass is 19.1. The standard InChI is InChI=1S/C27H26FN7O3/c1-16(36)33-19-5-4-6-20(10-19)34-22-11-24(35-8-7-18-9-17(12-29)13-31-25(18)35)30-14-21(22)26(37)32-15-23(28)27(2,3)38/h4-11,13-14,23,38H,15H2,1-3H3,(H,30,34)(H,32,37)(H,33,36). The zero-order valence-electron chi connectivity index (χ0n) is 21.0. The van der Waals surface area contributed by atoms with Crippen molar-refractivity contribution in [1.82, 2.24) is 19.9 Å². The topological polar surface area (TPSA) is 145 Å². The molecule has 4 N–H and O–H groups in total. The summed E-state index contributed by atoms with van der Waals surface area (Å²) in [6, 6.07) is 14.1. The molecule has 0 saturated carbocycles. The number of amides is 2. The Labute approximate surface area is 218 Å². The number of carbonyl (C=O) groups excluding carboxylic acids is 2. The summed E-state index contributed by atoms with van der Waals surface area (Å²) in [5.41, 5.74) is 1.01. The number of fused-ring (bicyclic) bond motifs is 1. The van der Waals surface area contributed by atoms with E-state index in [-0.39, 0.29) is 11.5 Å². The molecule has 0 saturated heterocycles. The number of hydrogen-bond donors (Lipinski definition) is 4. The molecule has 0 bridgehead atoms. The number of pyridine rings is 2. The van der Waals surface area contributed by atoms with Gasteiger partial charge in [0, 0.05) is 48.3 Å². The molecule has 1 atom stereocenters. The van der Waals surface area contributed by atoms with Crippen molar-refractivity contribution in [1.29, 1.82) is 5.26 Å². The van der Waals surface area contributed by atoms with Crippen molar-refractivity contribution in [3.05, 3.63) is 72.2 Å². The van der Waals surface area contributed by atoms with Crippen molar-refractivity contribution in [3.63, 3.8) is 0 Å². The van der Waals surface area contributed by atoms with Gasteiger partial charge in [0.15, 0.2) is 0 Å². The molecule has 3 aromatic heterocycles. The number of nitrogens with one attached hydrogen (secondary N) is 3. The molecule has 4 rings (SSSR count). The van der Waals surface area contributed by atoms with Crippen LogP contribution >= 0.6 is 0 Å². The van der Waals surface area contributed by atoms with Crippen LogP contribution in [0.1, 0.15) is 36.7 Å². The first-order valence-electron chi connectivity index (χ1n) is 11.7. The van der Waals surface area contributed by atoms with Gasteiger partial charge in [-0.1, -0.05) is 6.07 Å². The molecule has 0 radical (unpaired) electrons. The van der Waals surface area contributed by atoms with E-state index < -0.39 is 24.2 Å². The van der Waals surface area contributed by atoms with Gasteiger partial charge in [0.05, 0.1) is 29.0 Å². The van der Waals surface area contributed by atoms with Crippen LogP contribution in [0, 0.1) is 11.3 Å². The summed E-state index contributed by atoms with van der Waals surface area (Å²) in [6.45, 7) is 3.65. The Kier molecular flexibility index (Phi) is 7.36. The van der Waals surface area contributed by atoms with Gasteiger partial charge in [0.25, 0.3) is 5.91 Å². The molecule has 10 nitrogen and oxygen atoms in total. The van der Waals surface area contributed by atoms with Gasteiger partial charge in [-0.05, 0) is 44.2 Å². The molecule has 0 fully saturated rings. The predicted octanol–water partition coefficient (Wildman–Crippen LogP) is 3.83. The van der Waals surface area contributed by atoms with Crippen LogP contribution < -0.4 is 16.0 Å². The van der Waals surface area contributed by atoms with E-state index in [4.69, 9.17) is 5.26 Å². The number of hydrogen-bond acceptors (Lipinski definition) is 7. The average Bonchev–Trinajstić information content (AvgIpc) is 3.29. The number of nitrogens with zero attached hydrogens (tertiary/aromatic N) is 4. The Bertz CT molecular complexity index is 1550. The van der Waals surface area contributed by atoms with E-state index in [1.54, 1.807) is 53.2 Å². The lowest BCUT2D eigenvalue weighted by Crippen LogP contribution is -2.42. The van der Waals surface area contributed by atoms with Crippen LogP contribution in [0.25, 0.3) is 16.9 Å². The minimum Gasteiger partial charge on any atom is -0.387 e. The molecule has 194 valence electrons. The smallest absolute Gasteiger partial charge is 0.255 e. The summed E-state index contributed by atoms with van der Waals surface area (Å²) in [5.74, 6) is -0.382. The molecule has 2 amide bonds. The monoisotopic (exact) mass is 515 g/mol. The molecule has 1 unspecified atom stereocenters. The molecule has 0 aliphatic heterocycles. The molecule has 11 heteroatoms. The molecule has 3 heterocycles. The quantitative estimate of drug-likeness (QED) is 0.279. The largest absolute Gasteiger partial charge is 0.387 e. The van der Waals surface area contributed by atoms with Crippen molar-refractivity contribution >= 4 is 39.9 Å². The number of alkyl halides is 1. The van der Waals surface area contributed by atoms with Gasteiger partial charge in [-0.2, -0.15) is 5.26 Å². The predicted molar refractivity (Wildman–Crippen MR) is 141 cm³/mol. The van der Waals surface area contributed by atoms with Gasteiger partial charge in [-0.3, -0.25) is 14.2 Å². The summed E-state index contributed by atoms with van der Waals surface area (Å²) in [4.78, 5) is 33.3. The maximum Gasteiger partial charge on any atom is 0.255 e. The highest BCUT2D eigenvalue weighted by Gasteiger charge is 2.27. The second-order valence-corrected chi connectivity index (χ2v) is 9.24. The third-order valence-corrected chi connectivity index (χ3v) is 5.71. The lowest BCUT2D eigenvalue weighted by atomic mass is 10.0. The van der Waals surface area contributed by atoms with Crippen LogP contribution in [0.2, 0.25) is 0 Å². The fourth-order valence-corrected chi connectivity index (χ4v) is 3.69. The van der Waals surface area contributed by atoms with E-state index in [9.17, 15) is 19.1 Å². The van der Waals surface area contributed by atoms with Gasteiger partial charge in [-0.15, -0.1) is 0 Å². The van der Waals surface area contributed by atoms with Crippen LogP contribution in [0.3, 0.4) is 0 Å². The lowest BCUT2D eigenvalue weighted by molar-refractivity contribution is -0.114. The number of rotatable bonds is 8. The van der Waals surface area contributed by atoms with Crippen LogP contribution in [-0.2, 0) is 4.79 Å². The molecular weight excluding hydrogens is 489 g/mol. The summed E-state index contributed by atoms with van der Waals surface area (Å²) in [6.07, 6.45) is 2.89. The fraction of sp³-hybridized carbons (Fsp3) is 0.222. The van der Waals surface area contributed by atoms with Gasteiger partial charge in [0.1, 0.15) is 23.7 Å². The first-order valence-corrected chi connectivity index (χ1v) is 11.7. The average molecular weight is 516 g/mol. The van der Waals surface area contributed by atoms with E-state index in [0.717, 1.165) is 5.39 Å². The van der Waals surface area contributed by atoms with Gasteiger partial charge >= 0.3 is 0 Å². The van der Waals surface area contributed by atoms with Crippen molar-refractivity contribution in [3.8, 4) is 11.9 Å². The van der Waals surface area contributed by atoms with E-state index in [0.29, 0.717) is 34.1 Å². The molecule has 38 heavy (non-hydrogen) atoms. The highest BCUT2D eigenvalue weighted by Crippen LogP contribution is 2.27. The Morgan fingerprint density at radius 2 is 1.92 bits per heavy atom. The van der Waals surface area contributed by atoms with Crippen LogP contribution in [0.4, 0.5) is 21.5 Å². The molecule has 0 aliphatic rings. The summed E-state index contributed by atoms with van der Waals surface area (Å²) < 4.78 is 16.0. The lowest BCUT2D eigenvalue weighted by Gasteiger charge is -2.22. The van der Waals surface area contributed by atoms with Crippen molar-refractivity contribution in [2.45, 2.75) is 32.5 Å². The first kappa shape index (κ1) is 26.2. The fourth-order valence-electron chi connectivity index (χ4n) is 3.69. The van der Waals surface area contributed by atoms with Crippen LogP contribution in [0.15, 0.2) is 61.1 Å². The molecule has 1 aromatic carbocycles. The third kappa shape index (κ3) is 5.93. The van der Waals surface area contributed by atoms with Crippen LogP contribution in [-0.4, -0.2) is 49.8 Å². The van der Waals surface area contributed by atoms with Gasteiger partial charge in [0.2, 0.25) is 5.91 Å². The first-order chi connectivity index (χ1) is 18.0. The minimum absolute atomic E-state index is 0.137. The summed E-state index contributed by atoms with van der Waals surface area (Å²) in [7, 11) is 0. The third-order valence-electron chi connectivity index (χ3n) is 5.71. The normalized spacial score (nSPS) is 12.0. The summed E-state index contributed by atoms with van der Waals surface area (Å²) in [5, 5.41) is 28.2. The molecule has 0 spiro atoms. The Morgan fingerprint density at radius 1 is 1.16 bits per heavy atom. The van der Waals surface area contributed by atoms with E-state index in [1.807, 2.05) is 0 Å². The number of benzene rings is 1. The summed E-state index contributed by atoms with van der Waals surface area (Å²) >= 11 is 0. The highest BCUT2D eigenvalue weighted by molar-refractivity contribution is 6.00. The number of aliphatic hydroxyl groups is 1. The van der Waals surface area contributed by atoms with Crippen molar-refractivity contribution in [2.75, 3.05) is 17.2 Å². The maximum absolute atomic E-state index is 14.3. The second-order valence-electron chi connectivity index (χ2n) is 9.24. The van der Waals surface area contributed by atoms with Gasteiger partial charge in [-0.25, -0.2) is 14.4 Å².